The van der Waals surface area contributed by atoms with Gasteiger partial charge in [0.2, 0.25) is 12.8 Å². The van der Waals surface area contributed by atoms with Crippen molar-refractivity contribution >= 4 is 44.7 Å². The molecule has 4 aromatic rings. The van der Waals surface area contributed by atoms with Crippen LogP contribution in [-0.4, -0.2) is 113 Å². The average molecular weight is 979 g/mol. The SMILES string of the molecule is CN(C)CCNC=O.CN(C)CCNC=O.Cc1c(COc2ccc(CN3CCCCC3)cc2Br)cccc1-c1cccc(COc2ccc(CN3CCCCC3)cc2Br)c1C. The van der Waals surface area contributed by atoms with Crippen molar-refractivity contribution in [3.05, 3.63) is 115 Å². The number of likely N-dealkylation sites (N-methyl/N-ethyl adjacent to an activating group) is 2. The van der Waals surface area contributed by atoms with Gasteiger partial charge in [0.25, 0.3) is 0 Å². The molecule has 0 spiro atoms. The predicted molar refractivity (Wildman–Crippen MR) is 262 cm³/mol. The molecule has 10 nitrogen and oxygen atoms in total. The monoisotopic (exact) mass is 976 g/mol. The molecule has 2 heterocycles. The van der Waals surface area contributed by atoms with E-state index in [4.69, 9.17) is 9.47 Å². The van der Waals surface area contributed by atoms with Gasteiger partial charge in [0, 0.05) is 39.3 Å². The maximum absolute atomic E-state index is 9.66. The smallest absolute Gasteiger partial charge is 0.207 e. The molecule has 2 aliphatic heterocycles. The third-order valence-corrected chi connectivity index (χ3v) is 12.5. The first-order chi connectivity index (χ1) is 30.0. The molecule has 2 fully saturated rings. The molecule has 0 unspecified atom stereocenters. The van der Waals surface area contributed by atoms with E-state index in [1.165, 1.54) is 109 Å². The predicted octanol–water partition coefficient (Wildman–Crippen LogP) is 9.21. The van der Waals surface area contributed by atoms with E-state index in [1.54, 1.807) is 0 Å². The Hall–Kier alpha value is -3.78. The van der Waals surface area contributed by atoms with Gasteiger partial charge in [-0.05, 0) is 195 Å². The molecule has 2 N–H and O–H groups in total. The second kappa shape index (κ2) is 28.1. The number of likely N-dealkylation sites (tertiary alicyclic amines) is 2. The molecule has 2 amide bonds. The normalized spacial score (nSPS) is 14.3. The van der Waals surface area contributed by atoms with Gasteiger partial charge >= 0.3 is 0 Å². The summed E-state index contributed by atoms with van der Waals surface area (Å²) in [5, 5.41) is 5.11. The minimum Gasteiger partial charge on any atom is -0.488 e. The summed E-state index contributed by atoms with van der Waals surface area (Å²) in [6.45, 7) is 15.5. The molecule has 2 aliphatic rings. The number of benzene rings is 4. The zero-order valence-electron chi connectivity index (χ0n) is 38.0. The Morgan fingerprint density at radius 2 is 0.968 bits per heavy atom. The van der Waals surface area contributed by atoms with Gasteiger partial charge in [0.15, 0.2) is 0 Å². The zero-order chi connectivity index (χ0) is 44.7. The van der Waals surface area contributed by atoms with Crippen LogP contribution in [0.2, 0.25) is 0 Å². The van der Waals surface area contributed by atoms with E-state index < -0.39 is 0 Å². The largest absolute Gasteiger partial charge is 0.488 e. The van der Waals surface area contributed by atoms with Crippen LogP contribution in [-0.2, 0) is 35.9 Å². The number of hydrogen-bond donors (Lipinski definition) is 2. The molecule has 0 atom stereocenters. The summed E-state index contributed by atoms with van der Waals surface area (Å²) < 4.78 is 14.7. The number of nitrogens with one attached hydrogen (secondary N) is 2. The average Bonchev–Trinajstić information content (AvgIpc) is 3.25. The molecule has 2 saturated heterocycles. The van der Waals surface area contributed by atoms with Crippen molar-refractivity contribution in [2.24, 2.45) is 0 Å². The van der Waals surface area contributed by atoms with E-state index in [9.17, 15) is 9.59 Å². The lowest BCUT2D eigenvalue weighted by Crippen LogP contribution is -2.29. The van der Waals surface area contributed by atoms with E-state index in [1.807, 2.05) is 38.0 Å². The number of halogens is 2. The van der Waals surface area contributed by atoms with Gasteiger partial charge in [0.1, 0.15) is 24.7 Å². The lowest BCUT2D eigenvalue weighted by atomic mass is 9.92. The lowest BCUT2D eigenvalue weighted by molar-refractivity contribution is -0.110. The number of carbonyl (C=O) groups is 2. The topological polar surface area (TPSA) is 89.6 Å². The van der Waals surface area contributed by atoms with Crippen molar-refractivity contribution in [3.63, 3.8) is 0 Å². The van der Waals surface area contributed by atoms with Gasteiger partial charge < -0.3 is 29.9 Å². The van der Waals surface area contributed by atoms with Crippen molar-refractivity contribution in [1.29, 1.82) is 0 Å². The van der Waals surface area contributed by atoms with Crippen LogP contribution >= 0.6 is 31.9 Å². The number of ether oxygens (including phenoxy) is 2. The van der Waals surface area contributed by atoms with Gasteiger partial charge in [-0.3, -0.25) is 19.4 Å². The summed E-state index contributed by atoms with van der Waals surface area (Å²) >= 11 is 7.54. The Morgan fingerprint density at radius 3 is 1.31 bits per heavy atom. The highest BCUT2D eigenvalue weighted by Gasteiger charge is 2.16. The van der Waals surface area contributed by atoms with Gasteiger partial charge in [-0.2, -0.15) is 0 Å². The Morgan fingerprint density at radius 1 is 0.581 bits per heavy atom. The van der Waals surface area contributed by atoms with Gasteiger partial charge in [-0.25, -0.2) is 0 Å². The molecule has 4 aromatic carbocycles. The molecule has 0 bridgehead atoms. The maximum Gasteiger partial charge on any atom is 0.207 e. The van der Waals surface area contributed by atoms with Crippen molar-refractivity contribution in [2.75, 3.05) is 80.5 Å². The second-order valence-electron chi connectivity index (χ2n) is 16.7. The number of carbonyl (C=O) groups excluding carboxylic acids is 2. The van der Waals surface area contributed by atoms with Gasteiger partial charge in [-0.15, -0.1) is 0 Å². The fourth-order valence-corrected chi connectivity index (χ4v) is 8.62. The summed E-state index contributed by atoms with van der Waals surface area (Å²) in [5.41, 5.74) is 10.0. The molecule has 338 valence electrons. The Balaban J connectivity index is 0.000000448. The third kappa shape index (κ3) is 17.8. The van der Waals surface area contributed by atoms with E-state index in [-0.39, 0.29) is 0 Å². The first kappa shape index (κ1) is 50.9. The van der Waals surface area contributed by atoms with Crippen LogP contribution in [0.1, 0.15) is 71.9 Å². The summed E-state index contributed by atoms with van der Waals surface area (Å²) in [5.74, 6) is 1.77. The Bertz CT molecular complexity index is 1810. The van der Waals surface area contributed by atoms with Crippen molar-refractivity contribution < 1.29 is 19.1 Å². The molecule has 6 rings (SSSR count). The summed E-state index contributed by atoms with van der Waals surface area (Å²) in [7, 11) is 7.86. The Labute approximate surface area is 389 Å². The molecule has 0 aromatic heterocycles. The van der Waals surface area contributed by atoms with Crippen LogP contribution in [0.15, 0.2) is 81.7 Å². The molecule has 0 radical (unpaired) electrons. The molecule has 0 saturated carbocycles. The van der Waals surface area contributed by atoms with E-state index in [0.717, 1.165) is 59.7 Å². The van der Waals surface area contributed by atoms with Crippen LogP contribution in [0.3, 0.4) is 0 Å². The maximum atomic E-state index is 9.66. The summed E-state index contributed by atoms with van der Waals surface area (Å²) in [4.78, 5) is 28.4. The molecule has 12 heteroatoms. The first-order valence-corrected chi connectivity index (χ1v) is 23.7. The lowest BCUT2D eigenvalue weighted by Gasteiger charge is -2.26. The van der Waals surface area contributed by atoms with Gasteiger partial charge in [0.05, 0.1) is 8.95 Å². The van der Waals surface area contributed by atoms with E-state index >= 15 is 0 Å². The number of nitrogens with zero attached hydrogens (tertiary/aromatic N) is 4. The minimum atomic E-state index is 0.521. The molecule has 0 aliphatic carbocycles. The van der Waals surface area contributed by atoms with Crippen molar-refractivity contribution in [1.82, 2.24) is 30.2 Å². The highest BCUT2D eigenvalue weighted by Crippen LogP contribution is 2.34. The number of rotatable bonds is 19. The number of piperidine rings is 2. The Kier molecular flexibility index (Phi) is 23.1. The van der Waals surface area contributed by atoms with Crippen LogP contribution < -0.4 is 20.1 Å². The van der Waals surface area contributed by atoms with E-state index in [2.05, 4.69) is 139 Å². The quantitative estimate of drug-likeness (QED) is 0.0711. The first-order valence-electron chi connectivity index (χ1n) is 22.1. The third-order valence-electron chi connectivity index (χ3n) is 11.2. The summed E-state index contributed by atoms with van der Waals surface area (Å²) in [6.07, 6.45) is 9.38. The van der Waals surface area contributed by atoms with Gasteiger partial charge in [-0.1, -0.05) is 61.4 Å². The zero-order valence-corrected chi connectivity index (χ0v) is 41.2. The molecular formula is C50H70Br2N6O4. The van der Waals surface area contributed by atoms with E-state index in [0.29, 0.717) is 26.0 Å². The van der Waals surface area contributed by atoms with Crippen LogP contribution in [0.5, 0.6) is 11.5 Å². The van der Waals surface area contributed by atoms with Crippen LogP contribution in [0, 0.1) is 13.8 Å². The standard InChI is InChI=1S/C40H46Br2N2O2.2C5H12N2O/c1-29-33(27-45-39-17-15-31(23-37(39)41)25-43-19-5-3-6-20-43)11-9-13-35(29)36-14-10-12-34(30(36)2)28-46-40-18-16-32(24-38(40)42)26-44-21-7-4-8-22-44;2*1-7(2)4-3-6-5-8/h9-18,23-24H,3-8,19-22,25-28H2,1-2H3;2*5H,3-4H2,1-2H3,(H,6,8). The highest BCUT2D eigenvalue weighted by molar-refractivity contribution is 9.11. The fraction of sp³-hybridized carbons (Fsp3) is 0.480. The fourth-order valence-electron chi connectivity index (χ4n) is 7.54. The van der Waals surface area contributed by atoms with Crippen molar-refractivity contribution in [2.45, 2.75) is 78.7 Å². The second-order valence-corrected chi connectivity index (χ2v) is 18.4. The highest BCUT2D eigenvalue weighted by atomic mass is 79.9. The van der Waals surface area contributed by atoms with Crippen molar-refractivity contribution in [3.8, 4) is 22.6 Å². The van der Waals surface area contributed by atoms with Crippen LogP contribution in [0.4, 0.5) is 0 Å². The molecule has 62 heavy (non-hydrogen) atoms. The number of hydrogen-bond acceptors (Lipinski definition) is 8. The van der Waals surface area contributed by atoms with Crippen LogP contribution in [0.25, 0.3) is 11.1 Å². The minimum absolute atomic E-state index is 0.521. The molecular weight excluding hydrogens is 908 g/mol. The summed E-state index contributed by atoms with van der Waals surface area (Å²) in [6, 6.07) is 26.1. The number of amides is 2.